The van der Waals surface area contributed by atoms with Gasteiger partial charge in [0, 0.05) is 5.56 Å². The lowest BCUT2D eigenvalue weighted by atomic mass is 10.2. The first-order chi connectivity index (χ1) is 9.98. The number of hydrogen-bond acceptors (Lipinski definition) is 2. The SMILES string of the molecule is CCN(CC)CC#CC[N+](C)(C)/C=C(\O)c1ccccc1. The maximum absolute atomic E-state index is 10.2. The summed E-state index contributed by atoms with van der Waals surface area (Å²) < 4.78 is 0.534. The normalized spacial score (nSPS) is 12.1. The molecule has 0 unspecified atom stereocenters. The quantitative estimate of drug-likeness (QED) is 0.494. The Kier molecular flexibility index (Phi) is 7.01. The number of quaternary nitrogens is 1. The third kappa shape index (κ3) is 6.48. The zero-order valence-electron chi connectivity index (χ0n) is 13.6. The van der Waals surface area contributed by atoms with E-state index in [1.807, 2.05) is 50.6 Å². The van der Waals surface area contributed by atoms with Crippen LogP contribution in [0.3, 0.4) is 0 Å². The van der Waals surface area contributed by atoms with E-state index in [-0.39, 0.29) is 0 Å². The van der Waals surface area contributed by atoms with Gasteiger partial charge in [-0.15, -0.1) is 0 Å². The summed E-state index contributed by atoms with van der Waals surface area (Å²) in [4.78, 5) is 2.28. The van der Waals surface area contributed by atoms with Crippen molar-refractivity contribution < 1.29 is 9.59 Å². The van der Waals surface area contributed by atoms with E-state index in [2.05, 4.69) is 30.6 Å². The van der Waals surface area contributed by atoms with E-state index >= 15 is 0 Å². The predicted molar refractivity (Wildman–Crippen MR) is 89.6 cm³/mol. The predicted octanol–water partition coefficient (Wildman–Crippen LogP) is 2.96. The first-order valence-electron chi connectivity index (χ1n) is 7.46. The van der Waals surface area contributed by atoms with Gasteiger partial charge in [-0.2, -0.15) is 0 Å². The Hall–Kier alpha value is -1.76. The molecule has 0 saturated carbocycles. The molecule has 1 aromatic carbocycles. The fourth-order valence-electron chi connectivity index (χ4n) is 1.93. The Morgan fingerprint density at radius 3 is 2.33 bits per heavy atom. The minimum absolute atomic E-state index is 0.297. The molecule has 0 heterocycles. The van der Waals surface area contributed by atoms with Gasteiger partial charge in [0.25, 0.3) is 0 Å². The lowest BCUT2D eigenvalue weighted by Gasteiger charge is -2.22. The molecule has 0 fully saturated rings. The Labute approximate surface area is 129 Å². The molecule has 0 radical (unpaired) electrons. The molecule has 0 aromatic heterocycles. The van der Waals surface area contributed by atoms with E-state index in [1.54, 1.807) is 0 Å². The van der Waals surface area contributed by atoms with Crippen molar-refractivity contribution in [1.29, 1.82) is 0 Å². The summed E-state index contributed by atoms with van der Waals surface area (Å²) in [5, 5.41) is 10.2. The van der Waals surface area contributed by atoms with Crippen LogP contribution in [0.15, 0.2) is 36.5 Å². The van der Waals surface area contributed by atoms with Crippen molar-refractivity contribution >= 4 is 5.76 Å². The molecule has 1 aromatic rings. The first kappa shape index (κ1) is 17.3. The standard InChI is InChI=1S/C18H26N2O/c1-5-19(6-2)14-10-11-15-20(3,4)16-18(21)17-12-8-7-9-13-17/h7-9,12-13,16H,5-6,14-15H2,1-4H3/p+1/b18-16-. The molecular formula is C18H27N2O+. The lowest BCUT2D eigenvalue weighted by molar-refractivity contribution is -0.830. The third-order valence-electron chi connectivity index (χ3n) is 3.35. The number of benzene rings is 1. The summed E-state index contributed by atoms with van der Waals surface area (Å²) in [7, 11) is 4.07. The molecule has 0 saturated heterocycles. The van der Waals surface area contributed by atoms with Crippen LogP contribution in [0, 0.1) is 11.8 Å². The maximum atomic E-state index is 10.2. The largest absolute Gasteiger partial charge is 0.503 e. The van der Waals surface area contributed by atoms with Crippen LogP contribution in [0.5, 0.6) is 0 Å². The van der Waals surface area contributed by atoms with E-state index in [0.29, 0.717) is 16.8 Å². The van der Waals surface area contributed by atoms with Gasteiger partial charge in [0.1, 0.15) is 12.7 Å². The molecule has 0 atom stereocenters. The summed E-state index contributed by atoms with van der Waals surface area (Å²) in [6, 6.07) is 9.58. The molecule has 0 bridgehead atoms. The van der Waals surface area contributed by atoms with Crippen LogP contribution in [-0.2, 0) is 0 Å². The van der Waals surface area contributed by atoms with Gasteiger partial charge in [0.05, 0.1) is 20.6 Å². The average molecular weight is 287 g/mol. The van der Waals surface area contributed by atoms with Gasteiger partial charge in [-0.1, -0.05) is 50.1 Å². The second kappa shape index (κ2) is 8.51. The van der Waals surface area contributed by atoms with Gasteiger partial charge in [0.2, 0.25) is 0 Å². The number of aliphatic hydroxyl groups excluding tert-OH is 1. The van der Waals surface area contributed by atoms with Crippen molar-refractivity contribution in [2.24, 2.45) is 0 Å². The van der Waals surface area contributed by atoms with Gasteiger partial charge in [-0.25, -0.2) is 0 Å². The first-order valence-corrected chi connectivity index (χ1v) is 7.46. The fourth-order valence-corrected chi connectivity index (χ4v) is 1.93. The molecular weight excluding hydrogens is 260 g/mol. The van der Waals surface area contributed by atoms with Gasteiger partial charge in [-0.05, 0) is 19.0 Å². The van der Waals surface area contributed by atoms with Gasteiger partial charge < -0.3 is 5.11 Å². The smallest absolute Gasteiger partial charge is 0.176 e. The number of hydrogen-bond donors (Lipinski definition) is 1. The minimum atomic E-state index is 0.297. The van der Waals surface area contributed by atoms with E-state index < -0.39 is 0 Å². The van der Waals surface area contributed by atoms with E-state index in [4.69, 9.17) is 0 Å². The van der Waals surface area contributed by atoms with Crippen molar-refractivity contribution in [2.45, 2.75) is 13.8 Å². The molecule has 0 spiro atoms. The molecule has 0 aliphatic carbocycles. The van der Waals surface area contributed by atoms with Gasteiger partial charge in [0.15, 0.2) is 5.76 Å². The summed E-state index contributed by atoms with van der Waals surface area (Å²) in [6.07, 6.45) is 1.83. The zero-order valence-corrected chi connectivity index (χ0v) is 13.6. The second-order valence-corrected chi connectivity index (χ2v) is 5.63. The average Bonchev–Trinajstić information content (AvgIpc) is 2.48. The number of nitrogens with zero attached hydrogens (tertiary/aromatic N) is 2. The molecule has 114 valence electrons. The molecule has 1 N–H and O–H groups in total. The molecule has 0 aliphatic heterocycles. The fraction of sp³-hybridized carbons (Fsp3) is 0.444. The van der Waals surface area contributed by atoms with Crippen molar-refractivity contribution in [3.05, 3.63) is 42.1 Å². The molecule has 3 heteroatoms. The van der Waals surface area contributed by atoms with Crippen LogP contribution in [0.25, 0.3) is 5.76 Å². The lowest BCUT2D eigenvalue weighted by Crippen LogP contribution is -2.34. The molecule has 1 rings (SSSR count). The Morgan fingerprint density at radius 2 is 1.76 bits per heavy atom. The number of rotatable bonds is 6. The zero-order chi connectivity index (χ0) is 15.7. The minimum Gasteiger partial charge on any atom is -0.503 e. The van der Waals surface area contributed by atoms with Crippen LogP contribution in [0.2, 0.25) is 0 Å². The van der Waals surface area contributed by atoms with Crippen molar-refractivity contribution in [1.82, 2.24) is 4.90 Å². The van der Waals surface area contributed by atoms with Crippen molar-refractivity contribution in [3.63, 3.8) is 0 Å². The van der Waals surface area contributed by atoms with Crippen LogP contribution in [0.1, 0.15) is 19.4 Å². The topological polar surface area (TPSA) is 23.5 Å². The van der Waals surface area contributed by atoms with Gasteiger partial charge >= 0.3 is 0 Å². The van der Waals surface area contributed by atoms with Gasteiger partial charge in [-0.3, -0.25) is 9.38 Å². The van der Waals surface area contributed by atoms with E-state index in [0.717, 1.165) is 25.2 Å². The van der Waals surface area contributed by atoms with Crippen LogP contribution in [0.4, 0.5) is 0 Å². The monoisotopic (exact) mass is 287 g/mol. The highest BCUT2D eigenvalue weighted by Gasteiger charge is 2.13. The summed E-state index contributed by atoms with van der Waals surface area (Å²) in [5.74, 6) is 6.71. The Balaban J connectivity index is 2.63. The van der Waals surface area contributed by atoms with Crippen molar-refractivity contribution in [2.75, 3.05) is 40.3 Å². The van der Waals surface area contributed by atoms with E-state index in [9.17, 15) is 5.11 Å². The van der Waals surface area contributed by atoms with Crippen molar-refractivity contribution in [3.8, 4) is 11.8 Å². The summed E-state index contributed by atoms with van der Waals surface area (Å²) >= 11 is 0. The van der Waals surface area contributed by atoms with E-state index in [1.165, 1.54) is 0 Å². The third-order valence-corrected chi connectivity index (χ3v) is 3.35. The number of aliphatic hydroxyl groups is 1. The molecule has 3 nitrogen and oxygen atoms in total. The molecule has 0 aliphatic rings. The van der Waals surface area contributed by atoms with Crippen LogP contribution in [-0.4, -0.2) is 54.8 Å². The Bertz CT molecular complexity index is 505. The Morgan fingerprint density at radius 1 is 1.14 bits per heavy atom. The van der Waals surface area contributed by atoms with Crippen LogP contribution >= 0.6 is 0 Å². The highest BCUT2D eigenvalue weighted by Crippen LogP contribution is 2.13. The molecule has 0 amide bonds. The maximum Gasteiger partial charge on any atom is 0.176 e. The van der Waals surface area contributed by atoms with Crippen LogP contribution < -0.4 is 0 Å². The summed E-state index contributed by atoms with van der Waals surface area (Å²) in [6.45, 7) is 7.83. The summed E-state index contributed by atoms with van der Waals surface area (Å²) in [5.41, 5.74) is 0.833. The highest BCUT2D eigenvalue weighted by molar-refractivity contribution is 5.56. The molecule has 21 heavy (non-hydrogen) atoms. The highest BCUT2D eigenvalue weighted by atomic mass is 16.3. The second-order valence-electron chi connectivity index (χ2n) is 5.63.